The lowest BCUT2D eigenvalue weighted by Gasteiger charge is -2.16. The van der Waals surface area contributed by atoms with Gasteiger partial charge < -0.3 is 15.7 Å². The van der Waals surface area contributed by atoms with Crippen LogP contribution in [0.25, 0.3) is 0 Å². The number of aliphatic hydroxyl groups is 1. The summed E-state index contributed by atoms with van der Waals surface area (Å²) in [5.41, 5.74) is 2.03. The molecule has 1 aromatic rings. The molecule has 20 heavy (non-hydrogen) atoms. The van der Waals surface area contributed by atoms with Crippen molar-refractivity contribution in [2.45, 2.75) is 52.3 Å². The zero-order valence-electron chi connectivity index (χ0n) is 12.6. The summed E-state index contributed by atoms with van der Waals surface area (Å²) in [5, 5.41) is 15.4. The van der Waals surface area contributed by atoms with Crippen LogP contribution in [0.5, 0.6) is 0 Å². The zero-order valence-corrected chi connectivity index (χ0v) is 12.6. The number of amides is 1. The van der Waals surface area contributed by atoms with Gasteiger partial charge in [-0.05, 0) is 31.4 Å². The summed E-state index contributed by atoms with van der Waals surface area (Å²) in [6.07, 6.45) is 1.43. The Kier molecular flexibility index (Phi) is 7.26. The first kappa shape index (κ1) is 16.7. The van der Waals surface area contributed by atoms with E-state index in [1.165, 1.54) is 0 Å². The molecule has 0 aromatic heterocycles. The van der Waals surface area contributed by atoms with Crippen molar-refractivity contribution in [1.29, 1.82) is 0 Å². The van der Waals surface area contributed by atoms with Gasteiger partial charge in [-0.1, -0.05) is 31.2 Å². The largest absolute Gasteiger partial charge is 0.392 e. The van der Waals surface area contributed by atoms with Crippen LogP contribution in [-0.2, 0) is 11.4 Å². The maximum Gasteiger partial charge on any atom is 0.221 e. The molecule has 0 bridgehead atoms. The van der Waals surface area contributed by atoms with Crippen LogP contribution >= 0.6 is 0 Å². The number of nitrogens with one attached hydrogen (secondary N) is 2. The molecule has 1 aromatic carbocycles. The summed E-state index contributed by atoms with van der Waals surface area (Å²) in [6.45, 7) is 6.82. The highest BCUT2D eigenvalue weighted by Gasteiger charge is 2.08. The van der Waals surface area contributed by atoms with E-state index in [1.807, 2.05) is 31.2 Å². The van der Waals surface area contributed by atoms with Gasteiger partial charge >= 0.3 is 0 Å². The van der Waals surface area contributed by atoms with Gasteiger partial charge in [0.2, 0.25) is 5.91 Å². The fourth-order valence-electron chi connectivity index (χ4n) is 1.93. The van der Waals surface area contributed by atoms with Crippen molar-refractivity contribution in [1.82, 2.24) is 10.6 Å². The van der Waals surface area contributed by atoms with Gasteiger partial charge in [0, 0.05) is 25.0 Å². The summed E-state index contributed by atoms with van der Waals surface area (Å²) in [5.74, 6) is 0.0863. The van der Waals surface area contributed by atoms with Gasteiger partial charge in [0.25, 0.3) is 0 Å². The predicted octanol–water partition coefficient (Wildman–Crippen LogP) is 2.13. The SMILES string of the molecule is CCC(C)NC(=O)CCNC(C)c1cccc(CO)c1. The smallest absolute Gasteiger partial charge is 0.221 e. The Morgan fingerprint density at radius 1 is 1.35 bits per heavy atom. The van der Waals surface area contributed by atoms with E-state index >= 15 is 0 Å². The molecule has 0 aliphatic carbocycles. The van der Waals surface area contributed by atoms with Crippen LogP contribution in [0, 0.1) is 0 Å². The van der Waals surface area contributed by atoms with Crippen LogP contribution in [-0.4, -0.2) is 23.6 Å². The summed E-state index contributed by atoms with van der Waals surface area (Å²) >= 11 is 0. The van der Waals surface area contributed by atoms with Crippen LogP contribution in [0.2, 0.25) is 0 Å². The Hall–Kier alpha value is -1.39. The van der Waals surface area contributed by atoms with E-state index in [0.29, 0.717) is 13.0 Å². The molecule has 0 heterocycles. The average molecular weight is 278 g/mol. The molecule has 0 radical (unpaired) electrons. The van der Waals surface area contributed by atoms with Crippen LogP contribution < -0.4 is 10.6 Å². The molecule has 0 aliphatic heterocycles. The standard InChI is InChI=1S/C16H26N2O2/c1-4-12(2)18-16(20)8-9-17-13(3)15-7-5-6-14(10-15)11-19/h5-7,10,12-13,17,19H,4,8-9,11H2,1-3H3,(H,18,20). The van der Waals surface area contributed by atoms with E-state index in [2.05, 4.69) is 24.5 Å². The normalized spacial score (nSPS) is 13.8. The lowest BCUT2D eigenvalue weighted by Crippen LogP contribution is -2.34. The third-order valence-electron chi connectivity index (χ3n) is 3.46. The Labute approximate surface area is 121 Å². The highest BCUT2D eigenvalue weighted by molar-refractivity contribution is 5.76. The highest BCUT2D eigenvalue weighted by atomic mass is 16.3. The average Bonchev–Trinajstić information content (AvgIpc) is 2.46. The molecule has 3 N–H and O–H groups in total. The van der Waals surface area contributed by atoms with Crippen molar-refractivity contribution in [3.8, 4) is 0 Å². The van der Waals surface area contributed by atoms with Crippen LogP contribution in [0.1, 0.15) is 50.8 Å². The summed E-state index contributed by atoms with van der Waals surface area (Å²) < 4.78 is 0. The van der Waals surface area contributed by atoms with Gasteiger partial charge in [-0.15, -0.1) is 0 Å². The first-order valence-electron chi connectivity index (χ1n) is 7.29. The summed E-state index contributed by atoms with van der Waals surface area (Å²) in [6, 6.07) is 8.25. The molecule has 1 amide bonds. The summed E-state index contributed by atoms with van der Waals surface area (Å²) in [7, 11) is 0. The number of carbonyl (C=O) groups excluding carboxylic acids is 1. The Morgan fingerprint density at radius 3 is 2.75 bits per heavy atom. The topological polar surface area (TPSA) is 61.4 Å². The van der Waals surface area contributed by atoms with E-state index in [1.54, 1.807) is 0 Å². The molecule has 0 saturated carbocycles. The number of benzene rings is 1. The molecule has 1 rings (SSSR count). The molecule has 2 atom stereocenters. The molecule has 0 aliphatic rings. The van der Waals surface area contributed by atoms with Gasteiger partial charge in [0.05, 0.1) is 6.61 Å². The molecule has 2 unspecified atom stereocenters. The molecule has 112 valence electrons. The van der Waals surface area contributed by atoms with Crippen molar-refractivity contribution in [3.63, 3.8) is 0 Å². The minimum absolute atomic E-state index is 0.0534. The molecule has 0 fully saturated rings. The maximum atomic E-state index is 11.6. The second-order valence-electron chi connectivity index (χ2n) is 5.21. The number of hydrogen-bond donors (Lipinski definition) is 3. The molecule has 4 heteroatoms. The van der Waals surface area contributed by atoms with Crippen molar-refractivity contribution in [2.75, 3.05) is 6.54 Å². The zero-order chi connectivity index (χ0) is 15.0. The van der Waals surface area contributed by atoms with E-state index in [0.717, 1.165) is 17.5 Å². The van der Waals surface area contributed by atoms with Crippen molar-refractivity contribution < 1.29 is 9.90 Å². The Morgan fingerprint density at radius 2 is 2.10 bits per heavy atom. The van der Waals surface area contributed by atoms with Crippen molar-refractivity contribution >= 4 is 5.91 Å². The molecular formula is C16H26N2O2. The van der Waals surface area contributed by atoms with Gasteiger partial charge in [-0.2, -0.15) is 0 Å². The van der Waals surface area contributed by atoms with Gasteiger partial charge in [0.1, 0.15) is 0 Å². The fourth-order valence-corrected chi connectivity index (χ4v) is 1.93. The van der Waals surface area contributed by atoms with E-state index in [-0.39, 0.29) is 24.6 Å². The minimum Gasteiger partial charge on any atom is -0.392 e. The fraction of sp³-hybridized carbons (Fsp3) is 0.562. The Bertz CT molecular complexity index is 421. The number of carbonyl (C=O) groups is 1. The molecular weight excluding hydrogens is 252 g/mol. The summed E-state index contributed by atoms with van der Waals surface area (Å²) in [4.78, 5) is 11.6. The van der Waals surface area contributed by atoms with Gasteiger partial charge in [-0.25, -0.2) is 0 Å². The van der Waals surface area contributed by atoms with Crippen LogP contribution in [0.4, 0.5) is 0 Å². The van der Waals surface area contributed by atoms with Crippen LogP contribution in [0.3, 0.4) is 0 Å². The molecule has 0 saturated heterocycles. The lowest BCUT2D eigenvalue weighted by molar-refractivity contribution is -0.121. The second-order valence-corrected chi connectivity index (χ2v) is 5.21. The number of hydrogen-bond acceptors (Lipinski definition) is 3. The number of rotatable bonds is 8. The number of aliphatic hydroxyl groups excluding tert-OH is 1. The predicted molar refractivity (Wildman–Crippen MR) is 81.3 cm³/mol. The van der Waals surface area contributed by atoms with E-state index < -0.39 is 0 Å². The first-order chi connectivity index (χ1) is 9.56. The van der Waals surface area contributed by atoms with Gasteiger partial charge in [-0.3, -0.25) is 4.79 Å². The third-order valence-corrected chi connectivity index (χ3v) is 3.46. The molecule has 4 nitrogen and oxygen atoms in total. The van der Waals surface area contributed by atoms with E-state index in [9.17, 15) is 4.79 Å². The first-order valence-corrected chi connectivity index (χ1v) is 7.29. The second kappa shape index (κ2) is 8.72. The Balaban J connectivity index is 2.35. The van der Waals surface area contributed by atoms with Gasteiger partial charge in [0.15, 0.2) is 0 Å². The maximum absolute atomic E-state index is 11.6. The van der Waals surface area contributed by atoms with Crippen molar-refractivity contribution in [2.24, 2.45) is 0 Å². The quantitative estimate of drug-likeness (QED) is 0.682. The van der Waals surface area contributed by atoms with Crippen LogP contribution in [0.15, 0.2) is 24.3 Å². The minimum atomic E-state index is 0.0534. The monoisotopic (exact) mass is 278 g/mol. The van der Waals surface area contributed by atoms with E-state index in [4.69, 9.17) is 5.11 Å². The lowest BCUT2D eigenvalue weighted by atomic mass is 10.1. The highest BCUT2D eigenvalue weighted by Crippen LogP contribution is 2.14. The third kappa shape index (κ3) is 5.72. The van der Waals surface area contributed by atoms with Crippen molar-refractivity contribution in [3.05, 3.63) is 35.4 Å². The molecule has 0 spiro atoms.